The smallest absolute Gasteiger partial charge is 0.331 e. The Morgan fingerprint density at radius 2 is 1.74 bits per heavy atom. The third kappa shape index (κ3) is 3.84. The van der Waals surface area contributed by atoms with E-state index in [0.717, 1.165) is 43.2 Å². The summed E-state index contributed by atoms with van der Waals surface area (Å²) in [6, 6.07) is 14.8. The molecule has 1 aliphatic carbocycles. The van der Waals surface area contributed by atoms with Crippen LogP contribution in [0.3, 0.4) is 0 Å². The monoisotopic (exact) mass is 462 g/mol. The van der Waals surface area contributed by atoms with Gasteiger partial charge in [0.2, 0.25) is 0 Å². The van der Waals surface area contributed by atoms with Gasteiger partial charge >= 0.3 is 5.69 Å². The molecule has 3 aromatic rings. The van der Waals surface area contributed by atoms with Crippen LogP contribution in [-0.4, -0.2) is 9.13 Å². The van der Waals surface area contributed by atoms with Gasteiger partial charge in [-0.05, 0) is 42.9 Å². The van der Waals surface area contributed by atoms with Crippen molar-refractivity contribution in [2.45, 2.75) is 77.2 Å². The summed E-state index contributed by atoms with van der Waals surface area (Å²) in [7, 11) is 0. The van der Waals surface area contributed by atoms with E-state index in [0.29, 0.717) is 16.8 Å². The third-order valence-electron chi connectivity index (χ3n) is 7.63. The molecule has 2 aliphatic rings. The molecule has 2 heterocycles. The molecule has 2 aromatic carbocycles. The fourth-order valence-corrected chi connectivity index (χ4v) is 5.65. The minimum Gasteiger partial charge on any atom is -0.364 e. The van der Waals surface area contributed by atoms with E-state index < -0.39 is 11.3 Å². The number of aryl methyl sites for hydroxylation is 1. The molecule has 0 saturated heterocycles. The van der Waals surface area contributed by atoms with Crippen molar-refractivity contribution in [1.29, 1.82) is 0 Å². The number of fused-ring (bicyclic) bond motifs is 2. The number of hydrogen-bond acceptors (Lipinski definition) is 3. The maximum Gasteiger partial charge on any atom is 0.331 e. The van der Waals surface area contributed by atoms with E-state index >= 15 is 0 Å². The second kappa shape index (κ2) is 8.99. The summed E-state index contributed by atoms with van der Waals surface area (Å²) in [6.45, 7) is 4.42. The number of nitrogens with zero attached hydrogens (tertiary/aromatic N) is 2. The van der Waals surface area contributed by atoms with E-state index in [1.165, 1.54) is 10.6 Å². The van der Waals surface area contributed by atoms with Gasteiger partial charge in [-0.3, -0.25) is 13.9 Å². The quantitative estimate of drug-likeness (QED) is 0.536. The van der Waals surface area contributed by atoms with E-state index in [9.17, 15) is 14.0 Å². The van der Waals surface area contributed by atoms with Crippen molar-refractivity contribution in [2.75, 3.05) is 0 Å². The lowest BCUT2D eigenvalue weighted by Crippen LogP contribution is -2.46. The van der Waals surface area contributed by atoms with Crippen molar-refractivity contribution < 1.29 is 9.13 Å². The van der Waals surface area contributed by atoms with Gasteiger partial charge in [0, 0.05) is 12.1 Å². The highest BCUT2D eigenvalue weighted by Crippen LogP contribution is 2.45. The lowest BCUT2D eigenvalue weighted by Gasteiger charge is -2.33. The first kappa shape index (κ1) is 22.8. The van der Waals surface area contributed by atoms with Crippen molar-refractivity contribution in [3.8, 4) is 0 Å². The molecule has 178 valence electrons. The Morgan fingerprint density at radius 1 is 1.00 bits per heavy atom. The van der Waals surface area contributed by atoms with Gasteiger partial charge in [0.1, 0.15) is 11.4 Å². The summed E-state index contributed by atoms with van der Waals surface area (Å²) in [5.41, 5.74) is 2.26. The normalized spacial score (nSPS) is 17.6. The second-order valence-corrected chi connectivity index (χ2v) is 9.80. The van der Waals surface area contributed by atoms with Crippen LogP contribution < -0.4 is 11.2 Å². The Morgan fingerprint density at radius 3 is 2.44 bits per heavy atom. The first-order valence-electron chi connectivity index (χ1n) is 12.2. The van der Waals surface area contributed by atoms with Crippen LogP contribution >= 0.6 is 0 Å². The maximum absolute atomic E-state index is 14.8. The molecule has 1 aromatic heterocycles. The fourth-order valence-electron chi connectivity index (χ4n) is 5.65. The first-order chi connectivity index (χ1) is 16.4. The van der Waals surface area contributed by atoms with Gasteiger partial charge in [-0.25, -0.2) is 9.18 Å². The Hall–Kier alpha value is -2.99. The standard InChI is InChI=1S/C28H31FN2O3/c1-19-10-9-13-23(29)22(19)17-30-24-18-34-28(14-7-4-8-15-28)25(24)26(32)31(27(30)33)16-20(2)21-11-5-3-6-12-21/h3,5-6,9-13,20H,4,7-8,14-18H2,1-2H3/t20-/m0/s1. The van der Waals surface area contributed by atoms with E-state index in [1.807, 2.05) is 50.2 Å². The maximum atomic E-state index is 14.8. The Labute approximate surface area is 198 Å². The van der Waals surface area contributed by atoms with Crippen molar-refractivity contribution in [1.82, 2.24) is 9.13 Å². The van der Waals surface area contributed by atoms with E-state index in [-0.39, 0.29) is 37.0 Å². The molecular weight excluding hydrogens is 431 g/mol. The molecule has 1 saturated carbocycles. The van der Waals surface area contributed by atoms with Crippen LogP contribution in [0, 0.1) is 12.7 Å². The molecule has 1 atom stereocenters. The molecule has 1 fully saturated rings. The minimum absolute atomic E-state index is 0.0297. The molecule has 1 spiro atoms. The molecule has 5 rings (SSSR count). The Balaban J connectivity index is 1.68. The topological polar surface area (TPSA) is 53.2 Å². The van der Waals surface area contributed by atoms with Crippen LogP contribution in [0.15, 0.2) is 58.1 Å². The lowest BCUT2D eigenvalue weighted by molar-refractivity contribution is -0.0650. The second-order valence-electron chi connectivity index (χ2n) is 9.80. The average Bonchev–Trinajstić information content (AvgIpc) is 3.20. The SMILES string of the molecule is Cc1cccc(F)c1Cn1c2c(c(=O)n(C[C@H](C)c3ccccc3)c1=O)C1(CCCCC1)OC2. The summed E-state index contributed by atoms with van der Waals surface area (Å²) in [5.74, 6) is -0.375. The highest BCUT2D eigenvalue weighted by molar-refractivity contribution is 5.33. The van der Waals surface area contributed by atoms with Gasteiger partial charge in [0.05, 0.1) is 24.4 Å². The van der Waals surface area contributed by atoms with Crippen LogP contribution in [-0.2, 0) is 30.0 Å². The number of ether oxygens (including phenoxy) is 1. The Kier molecular flexibility index (Phi) is 6.02. The summed E-state index contributed by atoms with van der Waals surface area (Å²) in [5, 5.41) is 0. The van der Waals surface area contributed by atoms with Crippen LogP contribution in [0.4, 0.5) is 4.39 Å². The molecule has 0 unspecified atom stereocenters. The van der Waals surface area contributed by atoms with Crippen LogP contribution in [0.1, 0.15) is 72.9 Å². The van der Waals surface area contributed by atoms with Crippen molar-refractivity contribution >= 4 is 0 Å². The number of hydrogen-bond donors (Lipinski definition) is 0. The zero-order valence-electron chi connectivity index (χ0n) is 19.9. The number of halogens is 1. The average molecular weight is 463 g/mol. The first-order valence-corrected chi connectivity index (χ1v) is 12.2. The van der Waals surface area contributed by atoms with E-state index in [2.05, 4.69) is 0 Å². The largest absolute Gasteiger partial charge is 0.364 e. The van der Waals surface area contributed by atoms with Gasteiger partial charge in [0.25, 0.3) is 5.56 Å². The van der Waals surface area contributed by atoms with Gasteiger partial charge < -0.3 is 4.74 Å². The van der Waals surface area contributed by atoms with Crippen LogP contribution in [0.25, 0.3) is 0 Å². The van der Waals surface area contributed by atoms with Gasteiger partial charge in [-0.15, -0.1) is 0 Å². The molecule has 0 bridgehead atoms. The van der Waals surface area contributed by atoms with E-state index in [1.54, 1.807) is 10.6 Å². The fraction of sp³-hybridized carbons (Fsp3) is 0.429. The summed E-state index contributed by atoms with van der Waals surface area (Å²) in [4.78, 5) is 27.6. The molecule has 6 heteroatoms. The number of benzene rings is 2. The zero-order valence-corrected chi connectivity index (χ0v) is 19.9. The zero-order chi connectivity index (χ0) is 23.9. The predicted molar refractivity (Wildman–Crippen MR) is 130 cm³/mol. The molecular formula is C28H31FN2O3. The molecule has 0 N–H and O–H groups in total. The Bertz CT molecular complexity index is 1300. The third-order valence-corrected chi connectivity index (χ3v) is 7.63. The van der Waals surface area contributed by atoms with Gasteiger partial charge in [-0.1, -0.05) is 68.7 Å². The van der Waals surface area contributed by atoms with Crippen LogP contribution in [0.5, 0.6) is 0 Å². The molecule has 5 nitrogen and oxygen atoms in total. The molecule has 0 amide bonds. The van der Waals surface area contributed by atoms with Crippen molar-refractivity contribution in [2.24, 2.45) is 0 Å². The molecule has 1 aliphatic heterocycles. The molecule has 34 heavy (non-hydrogen) atoms. The minimum atomic E-state index is -0.637. The number of rotatable bonds is 5. The summed E-state index contributed by atoms with van der Waals surface area (Å²) >= 11 is 0. The van der Waals surface area contributed by atoms with E-state index in [4.69, 9.17) is 4.74 Å². The molecule has 0 radical (unpaired) electrons. The van der Waals surface area contributed by atoms with Gasteiger partial charge in [-0.2, -0.15) is 0 Å². The highest BCUT2D eigenvalue weighted by Gasteiger charge is 2.45. The summed E-state index contributed by atoms with van der Waals surface area (Å²) in [6.07, 6.45) is 4.66. The highest BCUT2D eigenvalue weighted by atomic mass is 19.1. The van der Waals surface area contributed by atoms with Gasteiger partial charge in [0.15, 0.2) is 0 Å². The van der Waals surface area contributed by atoms with Crippen molar-refractivity contribution in [3.05, 3.63) is 103 Å². The van der Waals surface area contributed by atoms with Crippen molar-refractivity contribution in [3.63, 3.8) is 0 Å². The van der Waals surface area contributed by atoms with Crippen LogP contribution in [0.2, 0.25) is 0 Å². The number of aromatic nitrogens is 2. The summed E-state index contributed by atoms with van der Waals surface area (Å²) < 4.78 is 24.0. The lowest BCUT2D eigenvalue weighted by atomic mass is 9.80. The predicted octanol–water partition coefficient (Wildman–Crippen LogP) is 5.00.